The fraction of sp³-hybridized carbons (Fsp3) is 0.133. The molecule has 0 bridgehead atoms. The lowest BCUT2D eigenvalue weighted by Crippen LogP contribution is -1.99. The molecule has 4 nitrogen and oxygen atoms in total. The number of nitrogens with zero attached hydrogens (tertiary/aromatic N) is 4. The quantitative estimate of drug-likeness (QED) is 0.693. The van der Waals surface area contributed by atoms with E-state index in [1.165, 1.54) is 35.0 Å². The maximum Gasteiger partial charge on any atom is 0.214 e. The maximum atomic E-state index is 13.3. The maximum absolute atomic E-state index is 13.3. The molecule has 0 unspecified atom stereocenters. The number of hydrogen-bond donors (Lipinski definition) is 0. The summed E-state index contributed by atoms with van der Waals surface area (Å²) in [4.78, 5) is 0. The normalized spacial score (nSPS) is 10.8. The summed E-state index contributed by atoms with van der Waals surface area (Å²) in [6, 6.07) is 14.5. The molecule has 1 heterocycles. The van der Waals surface area contributed by atoms with Crippen LogP contribution < -0.4 is 0 Å². The summed E-state index contributed by atoms with van der Waals surface area (Å²) in [6.45, 7) is 2.06. The average Bonchev–Trinajstić information content (AvgIpc) is 2.94. The summed E-state index contributed by atoms with van der Waals surface area (Å²) in [5, 5.41) is 12.2. The fourth-order valence-corrected chi connectivity index (χ4v) is 2.82. The van der Waals surface area contributed by atoms with Crippen molar-refractivity contribution in [1.82, 2.24) is 20.2 Å². The van der Waals surface area contributed by atoms with Crippen LogP contribution in [0.25, 0.3) is 5.69 Å². The Labute approximate surface area is 126 Å². The monoisotopic (exact) mass is 300 g/mol. The topological polar surface area (TPSA) is 43.6 Å². The predicted molar refractivity (Wildman–Crippen MR) is 79.9 cm³/mol. The van der Waals surface area contributed by atoms with Gasteiger partial charge in [-0.25, -0.2) is 4.39 Å². The zero-order valence-corrected chi connectivity index (χ0v) is 12.2. The van der Waals surface area contributed by atoms with Gasteiger partial charge >= 0.3 is 0 Å². The number of halogens is 1. The zero-order valence-electron chi connectivity index (χ0n) is 11.4. The predicted octanol–water partition coefficient (Wildman–Crippen LogP) is 3.40. The summed E-state index contributed by atoms with van der Waals surface area (Å²) in [6.07, 6.45) is 0. The molecule has 0 aliphatic carbocycles. The molecule has 0 N–H and O–H groups in total. The first-order valence-corrected chi connectivity index (χ1v) is 7.43. The van der Waals surface area contributed by atoms with E-state index >= 15 is 0 Å². The molecule has 1 aromatic heterocycles. The molecule has 3 rings (SSSR count). The SMILES string of the molecule is Cc1cccc(CSc2nnnn2-c2cccc(F)c2)c1. The van der Waals surface area contributed by atoms with Gasteiger partial charge in [-0.1, -0.05) is 47.7 Å². The third-order valence-electron chi connectivity index (χ3n) is 2.94. The summed E-state index contributed by atoms with van der Waals surface area (Å²) in [5.41, 5.74) is 3.04. The minimum atomic E-state index is -0.308. The molecule has 0 radical (unpaired) electrons. The Balaban J connectivity index is 1.80. The molecule has 0 saturated heterocycles. The van der Waals surface area contributed by atoms with Crippen LogP contribution in [0.2, 0.25) is 0 Å². The molecule has 0 spiro atoms. The second-order valence-electron chi connectivity index (χ2n) is 4.63. The van der Waals surface area contributed by atoms with Crippen LogP contribution in [0.1, 0.15) is 11.1 Å². The Kier molecular flexibility index (Phi) is 3.96. The van der Waals surface area contributed by atoms with Crippen molar-refractivity contribution in [3.63, 3.8) is 0 Å². The lowest BCUT2D eigenvalue weighted by atomic mass is 10.2. The van der Waals surface area contributed by atoms with Crippen LogP contribution in [-0.4, -0.2) is 20.2 Å². The van der Waals surface area contributed by atoms with Gasteiger partial charge in [0.2, 0.25) is 5.16 Å². The number of hydrogen-bond acceptors (Lipinski definition) is 4. The van der Waals surface area contributed by atoms with E-state index < -0.39 is 0 Å². The number of thioether (sulfide) groups is 1. The van der Waals surface area contributed by atoms with Gasteiger partial charge in [-0.2, -0.15) is 4.68 Å². The van der Waals surface area contributed by atoms with Crippen molar-refractivity contribution in [1.29, 1.82) is 0 Å². The van der Waals surface area contributed by atoms with E-state index in [4.69, 9.17) is 0 Å². The van der Waals surface area contributed by atoms with Gasteiger partial charge in [-0.05, 0) is 41.1 Å². The highest BCUT2D eigenvalue weighted by atomic mass is 32.2. The van der Waals surface area contributed by atoms with E-state index in [1.54, 1.807) is 16.8 Å². The molecule has 0 aliphatic rings. The van der Waals surface area contributed by atoms with Crippen molar-refractivity contribution in [2.45, 2.75) is 17.8 Å². The number of rotatable bonds is 4. The lowest BCUT2D eigenvalue weighted by Gasteiger charge is -2.05. The molecule has 0 fully saturated rings. The molecule has 3 aromatic rings. The van der Waals surface area contributed by atoms with E-state index in [9.17, 15) is 4.39 Å². The van der Waals surface area contributed by atoms with Crippen molar-refractivity contribution in [2.24, 2.45) is 0 Å². The molecular formula is C15H13FN4S. The summed E-state index contributed by atoms with van der Waals surface area (Å²) >= 11 is 1.52. The standard InChI is InChI=1S/C15H13FN4S/c1-11-4-2-5-12(8-11)10-21-15-17-18-19-20(15)14-7-3-6-13(16)9-14/h2-9H,10H2,1H3. The molecule has 6 heteroatoms. The summed E-state index contributed by atoms with van der Waals surface area (Å²) in [5.74, 6) is 0.454. The van der Waals surface area contributed by atoms with Crippen LogP contribution in [0.15, 0.2) is 53.7 Å². The molecular weight excluding hydrogens is 287 g/mol. The molecule has 0 saturated carbocycles. The van der Waals surface area contributed by atoms with E-state index in [1.807, 2.05) is 6.07 Å². The second-order valence-corrected chi connectivity index (χ2v) is 5.57. The molecule has 2 aromatic carbocycles. The first-order valence-electron chi connectivity index (χ1n) is 6.45. The fourth-order valence-electron chi connectivity index (χ4n) is 1.99. The second kappa shape index (κ2) is 6.05. The van der Waals surface area contributed by atoms with Crippen LogP contribution in [0, 0.1) is 12.7 Å². The lowest BCUT2D eigenvalue weighted by molar-refractivity contribution is 0.623. The van der Waals surface area contributed by atoms with Crippen LogP contribution in [-0.2, 0) is 5.75 Å². The van der Waals surface area contributed by atoms with Gasteiger partial charge in [0.15, 0.2) is 0 Å². The first-order chi connectivity index (χ1) is 10.2. The number of benzene rings is 2. The summed E-state index contributed by atoms with van der Waals surface area (Å²) in [7, 11) is 0. The van der Waals surface area contributed by atoms with Crippen molar-refractivity contribution < 1.29 is 4.39 Å². The molecule has 0 atom stereocenters. The Morgan fingerprint density at radius 2 is 2.00 bits per heavy atom. The van der Waals surface area contributed by atoms with Crippen LogP contribution in [0.3, 0.4) is 0 Å². The van der Waals surface area contributed by atoms with Crippen LogP contribution >= 0.6 is 11.8 Å². The van der Waals surface area contributed by atoms with Gasteiger partial charge in [-0.15, -0.1) is 5.10 Å². The van der Waals surface area contributed by atoms with Crippen molar-refractivity contribution in [3.05, 3.63) is 65.5 Å². The highest BCUT2D eigenvalue weighted by Crippen LogP contribution is 2.23. The van der Waals surface area contributed by atoms with Gasteiger partial charge in [0, 0.05) is 5.75 Å². The van der Waals surface area contributed by atoms with E-state index in [0.29, 0.717) is 10.8 Å². The molecule has 21 heavy (non-hydrogen) atoms. The van der Waals surface area contributed by atoms with Gasteiger partial charge in [-0.3, -0.25) is 0 Å². The van der Waals surface area contributed by atoms with E-state index in [0.717, 1.165) is 5.75 Å². The average molecular weight is 300 g/mol. The van der Waals surface area contributed by atoms with E-state index in [2.05, 4.69) is 40.6 Å². The Morgan fingerprint density at radius 1 is 1.14 bits per heavy atom. The Hall–Kier alpha value is -2.21. The van der Waals surface area contributed by atoms with Crippen molar-refractivity contribution >= 4 is 11.8 Å². The van der Waals surface area contributed by atoms with Crippen molar-refractivity contribution in [3.8, 4) is 5.69 Å². The molecule has 0 amide bonds. The zero-order chi connectivity index (χ0) is 14.7. The smallest absolute Gasteiger partial charge is 0.207 e. The van der Waals surface area contributed by atoms with Crippen LogP contribution in [0.4, 0.5) is 4.39 Å². The highest BCUT2D eigenvalue weighted by Gasteiger charge is 2.09. The first kappa shape index (κ1) is 13.8. The Bertz CT molecular complexity index is 757. The summed E-state index contributed by atoms with van der Waals surface area (Å²) < 4.78 is 14.8. The minimum absolute atomic E-state index is 0.308. The number of aryl methyl sites for hydroxylation is 1. The van der Waals surface area contributed by atoms with E-state index in [-0.39, 0.29) is 5.82 Å². The highest BCUT2D eigenvalue weighted by molar-refractivity contribution is 7.98. The third kappa shape index (κ3) is 3.28. The molecule has 106 valence electrons. The van der Waals surface area contributed by atoms with Crippen LogP contribution in [0.5, 0.6) is 0 Å². The van der Waals surface area contributed by atoms with Gasteiger partial charge < -0.3 is 0 Å². The number of aromatic nitrogens is 4. The third-order valence-corrected chi connectivity index (χ3v) is 3.93. The van der Waals surface area contributed by atoms with Gasteiger partial charge in [0.1, 0.15) is 5.82 Å². The number of tetrazole rings is 1. The van der Waals surface area contributed by atoms with Crippen molar-refractivity contribution in [2.75, 3.05) is 0 Å². The van der Waals surface area contributed by atoms with Gasteiger partial charge in [0.05, 0.1) is 5.69 Å². The molecule has 0 aliphatic heterocycles. The minimum Gasteiger partial charge on any atom is -0.207 e. The largest absolute Gasteiger partial charge is 0.214 e. The Morgan fingerprint density at radius 3 is 2.81 bits per heavy atom. The van der Waals surface area contributed by atoms with Gasteiger partial charge in [0.25, 0.3) is 0 Å².